The Morgan fingerprint density at radius 3 is 2.67 bits per heavy atom. The van der Waals surface area contributed by atoms with Crippen LogP contribution in [0.5, 0.6) is 0 Å². The zero-order valence-corrected chi connectivity index (χ0v) is 15.0. The van der Waals surface area contributed by atoms with Crippen molar-refractivity contribution < 1.29 is 13.6 Å². The monoisotopic (exact) mass is 372 g/mol. The molecule has 1 unspecified atom stereocenters. The lowest BCUT2D eigenvalue weighted by atomic mass is 10.2. The topological polar surface area (TPSA) is 85.6 Å². The highest BCUT2D eigenvalue weighted by atomic mass is 19.3. The number of rotatable bonds is 6. The van der Waals surface area contributed by atoms with E-state index in [9.17, 15) is 13.6 Å². The van der Waals surface area contributed by atoms with Crippen LogP contribution in [0.2, 0.25) is 0 Å². The van der Waals surface area contributed by atoms with Crippen LogP contribution in [0.1, 0.15) is 37.4 Å². The number of carbonyl (C=O) groups excluding carboxylic acids is 1. The Kier molecular flexibility index (Phi) is 5.20. The second-order valence-electron chi connectivity index (χ2n) is 6.19. The van der Waals surface area contributed by atoms with E-state index in [-0.39, 0.29) is 17.2 Å². The summed E-state index contributed by atoms with van der Waals surface area (Å²) < 4.78 is 27.2. The number of ketones is 1. The largest absolute Gasteiger partial charge is 0.325 e. The number of anilines is 2. The Morgan fingerprint density at radius 1 is 1.19 bits per heavy atom. The van der Waals surface area contributed by atoms with E-state index in [1.807, 2.05) is 13.0 Å². The summed E-state index contributed by atoms with van der Waals surface area (Å²) >= 11 is 0. The third-order valence-electron chi connectivity index (χ3n) is 4.02. The first-order valence-electron chi connectivity index (χ1n) is 8.26. The molecule has 0 aromatic carbocycles. The van der Waals surface area contributed by atoms with Gasteiger partial charge < -0.3 is 5.32 Å². The SMILES string of the molecule is CC(=O)C(C)n1cc(-c2cc(C)cc(Nc3cc(C(F)F)ccn3)n2)nn1. The van der Waals surface area contributed by atoms with Crippen molar-refractivity contribution in [1.29, 1.82) is 0 Å². The molecule has 1 atom stereocenters. The second kappa shape index (κ2) is 7.56. The number of aromatic nitrogens is 5. The molecule has 0 aliphatic rings. The lowest BCUT2D eigenvalue weighted by molar-refractivity contribution is -0.119. The van der Waals surface area contributed by atoms with Crippen LogP contribution in [-0.4, -0.2) is 30.7 Å². The molecule has 0 saturated heterocycles. The van der Waals surface area contributed by atoms with E-state index in [4.69, 9.17) is 0 Å². The van der Waals surface area contributed by atoms with Crippen molar-refractivity contribution >= 4 is 17.4 Å². The number of pyridine rings is 2. The first-order chi connectivity index (χ1) is 12.8. The molecule has 0 radical (unpaired) electrons. The second-order valence-corrected chi connectivity index (χ2v) is 6.19. The summed E-state index contributed by atoms with van der Waals surface area (Å²) in [5.74, 6) is 0.680. The third-order valence-corrected chi connectivity index (χ3v) is 4.02. The number of Topliss-reactive ketones (excluding diaryl/α,β-unsaturated/α-hetero) is 1. The van der Waals surface area contributed by atoms with Crippen LogP contribution in [0.25, 0.3) is 11.4 Å². The number of nitrogens with zero attached hydrogens (tertiary/aromatic N) is 5. The fraction of sp³-hybridized carbons (Fsp3) is 0.278. The number of carbonyl (C=O) groups is 1. The van der Waals surface area contributed by atoms with Gasteiger partial charge in [-0.15, -0.1) is 5.10 Å². The van der Waals surface area contributed by atoms with Crippen LogP contribution in [0.15, 0.2) is 36.7 Å². The molecule has 3 rings (SSSR count). The van der Waals surface area contributed by atoms with Crippen LogP contribution in [0.3, 0.4) is 0 Å². The molecule has 0 amide bonds. The van der Waals surface area contributed by atoms with Gasteiger partial charge in [-0.25, -0.2) is 23.4 Å². The number of hydrogen-bond acceptors (Lipinski definition) is 6. The highest BCUT2D eigenvalue weighted by Gasteiger charge is 2.15. The normalized spacial score (nSPS) is 12.2. The van der Waals surface area contributed by atoms with Gasteiger partial charge in [0.05, 0.1) is 11.9 Å². The van der Waals surface area contributed by atoms with Crippen LogP contribution < -0.4 is 5.32 Å². The molecule has 0 spiro atoms. The van der Waals surface area contributed by atoms with Gasteiger partial charge in [0.1, 0.15) is 23.4 Å². The maximum absolute atomic E-state index is 12.8. The van der Waals surface area contributed by atoms with Gasteiger partial charge in [-0.2, -0.15) is 0 Å². The van der Waals surface area contributed by atoms with E-state index in [1.165, 1.54) is 29.9 Å². The quantitative estimate of drug-likeness (QED) is 0.707. The zero-order valence-electron chi connectivity index (χ0n) is 15.0. The van der Waals surface area contributed by atoms with Gasteiger partial charge in [0.2, 0.25) is 0 Å². The van der Waals surface area contributed by atoms with E-state index in [0.717, 1.165) is 5.56 Å². The molecule has 0 fully saturated rings. The van der Waals surface area contributed by atoms with Gasteiger partial charge in [0, 0.05) is 11.8 Å². The molecule has 9 heteroatoms. The molecular weight excluding hydrogens is 354 g/mol. The van der Waals surface area contributed by atoms with Gasteiger partial charge in [-0.05, 0) is 50.6 Å². The number of alkyl halides is 2. The molecule has 3 heterocycles. The Labute approximate surface area is 154 Å². The molecule has 3 aromatic rings. The first kappa shape index (κ1) is 18.6. The highest BCUT2D eigenvalue weighted by molar-refractivity contribution is 5.79. The van der Waals surface area contributed by atoms with Crippen molar-refractivity contribution in [3.05, 3.63) is 47.8 Å². The van der Waals surface area contributed by atoms with Crippen molar-refractivity contribution in [2.75, 3.05) is 5.32 Å². The summed E-state index contributed by atoms with van der Waals surface area (Å²) in [6.45, 7) is 5.10. The Bertz CT molecular complexity index is 972. The summed E-state index contributed by atoms with van der Waals surface area (Å²) in [4.78, 5) is 20.0. The summed E-state index contributed by atoms with van der Waals surface area (Å²) in [5, 5.41) is 11.0. The van der Waals surface area contributed by atoms with Crippen molar-refractivity contribution in [3.63, 3.8) is 0 Å². The van der Waals surface area contributed by atoms with E-state index >= 15 is 0 Å². The summed E-state index contributed by atoms with van der Waals surface area (Å²) in [7, 11) is 0. The van der Waals surface area contributed by atoms with Crippen molar-refractivity contribution in [2.45, 2.75) is 33.2 Å². The average Bonchev–Trinajstić information content (AvgIpc) is 3.10. The van der Waals surface area contributed by atoms with Gasteiger partial charge in [0.15, 0.2) is 5.78 Å². The molecule has 0 bridgehead atoms. The molecule has 0 saturated carbocycles. The molecule has 0 aliphatic heterocycles. The average molecular weight is 372 g/mol. The predicted octanol–water partition coefficient (Wildman–Crippen LogP) is 3.87. The Balaban J connectivity index is 1.89. The molecular formula is C18H18F2N6O. The van der Waals surface area contributed by atoms with Gasteiger partial charge >= 0.3 is 0 Å². The third kappa shape index (κ3) is 4.30. The molecule has 1 N–H and O–H groups in total. The maximum atomic E-state index is 12.8. The highest BCUT2D eigenvalue weighted by Crippen LogP contribution is 2.24. The molecule has 7 nitrogen and oxygen atoms in total. The summed E-state index contributed by atoms with van der Waals surface area (Å²) in [5.41, 5.74) is 1.82. The minimum absolute atomic E-state index is 0.0315. The Morgan fingerprint density at radius 2 is 1.96 bits per heavy atom. The zero-order chi connectivity index (χ0) is 19.6. The van der Waals surface area contributed by atoms with Gasteiger partial charge in [0.25, 0.3) is 6.43 Å². The fourth-order valence-electron chi connectivity index (χ4n) is 2.41. The lowest BCUT2D eigenvalue weighted by Gasteiger charge is -2.09. The van der Waals surface area contributed by atoms with Crippen molar-refractivity contribution in [3.8, 4) is 11.4 Å². The first-order valence-corrected chi connectivity index (χ1v) is 8.26. The Hall–Kier alpha value is -3.23. The van der Waals surface area contributed by atoms with Crippen molar-refractivity contribution in [2.24, 2.45) is 0 Å². The molecule has 140 valence electrons. The predicted molar refractivity (Wildman–Crippen MR) is 95.9 cm³/mol. The number of nitrogens with one attached hydrogen (secondary N) is 1. The number of halogens is 2. The smallest absolute Gasteiger partial charge is 0.264 e. The lowest BCUT2D eigenvalue weighted by Crippen LogP contribution is -2.13. The standard InChI is InChI=1S/C18H18F2N6O/c1-10-6-14(15-9-26(25-24-15)11(2)12(3)27)22-17(7-10)23-16-8-13(18(19)20)4-5-21-16/h4-9,11,18H,1-3H3,(H,21,22,23). The van der Waals surface area contributed by atoms with Gasteiger partial charge in [-0.1, -0.05) is 5.21 Å². The van der Waals surface area contributed by atoms with Crippen LogP contribution in [0.4, 0.5) is 20.4 Å². The minimum Gasteiger partial charge on any atom is -0.325 e. The molecule has 27 heavy (non-hydrogen) atoms. The fourth-order valence-corrected chi connectivity index (χ4v) is 2.41. The van der Waals surface area contributed by atoms with E-state index in [2.05, 4.69) is 25.6 Å². The maximum Gasteiger partial charge on any atom is 0.264 e. The van der Waals surface area contributed by atoms with Crippen LogP contribution in [-0.2, 0) is 4.79 Å². The van der Waals surface area contributed by atoms with E-state index < -0.39 is 12.5 Å². The summed E-state index contributed by atoms with van der Waals surface area (Å²) in [6.07, 6.45) is 0.385. The summed E-state index contributed by atoms with van der Waals surface area (Å²) in [6, 6.07) is 5.71. The number of aryl methyl sites for hydroxylation is 1. The van der Waals surface area contributed by atoms with E-state index in [1.54, 1.807) is 19.2 Å². The number of hydrogen-bond donors (Lipinski definition) is 1. The molecule has 3 aromatic heterocycles. The van der Waals surface area contributed by atoms with Crippen LogP contribution in [0, 0.1) is 6.92 Å². The molecule has 0 aliphatic carbocycles. The van der Waals surface area contributed by atoms with Gasteiger partial charge in [-0.3, -0.25) is 4.79 Å². The van der Waals surface area contributed by atoms with E-state index in [0.29, 0.717) is 17.2 Å². The van der Waals surface area contributed by atoms with Crippen LogP contribution >= 0.6 is 0 Å². The van der Waals surface area contributed by atoms with Crippen molar-refractivity contribution in [1.82, 2.24) is 25.0 Å². The minimum atomic E-state index is -2.58.